The molecule has 0 bridgehead atoms. The maximum atomic E-state index is 10.7. The molecule has 3 N–H and O–H groups in total. The van der Waals surface area contributed by atoms with Crippen molar-refractivity contribution in [2.75, 3.05) is 79.6 Å². The van der Waals surface area contributed by atoms with Gasteiger partial charge < -0.3 is 30.0 Å². The topological polar surface area (TPSA) is 168 Å². The number of nitrogens with two attached hydrogens (primary N) is 1. The standard InChI is InChI=1S/C19H22N2O4.C19H24N2O2.C11H15N.C8H8BrNO2.CH2I2.CH3I.CH4.ClH.2HI.V/c1-24-18-11-15-8-10-20(13-16(15)12-19(18)25-2)9-7-14-3-5-17(6-4-14)21(22)23;1-22-18-11-15-8-10-21(13-16(15)12-19(18)23-2)9-7-14-3-5-17(20)6-4-14;1-8-5-10-3-4-12-7-11(10)6-9(8)2;9-6-5-7-1-3-8(4-2-7)10(11)12;2-1-3;1-2;;;;;/h3-6,11-12H,7-10,13H2,1-2H3;3-6,11-12H,7-10,13,20H2,1-2H3;5-6,12H,3-4,7H2,1-2H3;1-4H,5-6H2;1H2;1H3;1H4;3*1H;/q;;;;;;;;;;+2/p-2. The first-order valence-corrected chi connectivity index (χ1v) is 41.0. The van der Waals surface area contributed by atoms with Crippen molar-refractivity contribution >= 4 is 153 Å². The van der Waals surface area contributed by atoms with Crippen molar-refractivity contribution in [2.24, 2.45) is 0 Å². The number of nitrogen functional groups attached to an aromatic ring is 1. The van der Waals surface area contributed by atoms with E-state index in [4.69, 9.17) is 24.7 Å². The number of halogens is 7. The van der Waals surface area contributed by atoms with Crippen molar-refractivity contribution < 1.29 is 38.3 Å². The van der Waals surface area contributed by atoms with Gasteiger partial charge >= 0.3 is 49.4 Å². The van der Waals surface area contributed by atoms with E-state index in [9.17, 15) is 20.2 Å². The van der Waals surface area contributed by atoms with Gasteiger partial charge in [0.25, 0.3) is 11.4 Å². The molecule has 3 aliphatic heterocycles. The molecule has 0 aromatic heterocycles. The molecule has 14 nitrogen and oxygen atoms in total. The number of anilines is 1. The first-order chi connectivity index (χ1) is 38.6. The normalized spacial score (nSPS) is 12.5. The minimum absolute atomic E-state index is 0. The van der Waals surface area contributed by atoms with Crippen LogP contribution in [0.2, 0.25) is 0 Å². The van der Waals surface area contributed by atoms with E-state index in [-0.39, 0.29) is 36.1 Å². The van der Waals surface area contributed by atoms with Crippen molar-refractivity contribution in [1.82, 2.24) is 15.1 Å². The second kappa shape index (κ2) is 44.4. The first kappa shape index (κ1) is 78.0. The Labute approximate surface area is 572 Å². The molecule has 0 saturated heterocycles. The number of ether oxygens (including phenoxy) is 4. The predicted octanol–water partition coefficient (Wildman–Crippen LogP) is 16.3. The van der Waals surface area contributed by atoms with Crippen molar-refractivity contribution in [3.05, 3.63) is 191 Å². The minimum atomic E-state index is -0.391. The van der Waals surface area contributed by atoms with E-state index in [1.165, 1.54) is 71.1 Å². The molecular formula is C60H79BrClI5N6O8V. The number of nitro benzene ring substituents is 2. The number of nitro groups is 2. The molecule has 82 heavy (non-hydrogen) atoms. The fraction of sp³-hybridized carbons (Fsp3) is 0.400. The van der Waals surface area contributed by atoms with Gasteiger partial charge in [0.2, 0.25) is 0 Å². The maximum absolute atomic E-state index is 10.7. The monoisotopic (exact) mass is 1810 g/mol. The third-order valence-corrected chi connectivity index (χ3v) is 13.8. The molecule has 6 aromatic rings. The zero-order valence-corrected chi connectivity index (χ0v) is 61.5. The predicted molar refractivity (Wildman–Crippen MR) is 385 cm³/mol. The summed E-state index contributed by atoms with van der Waals surface area (Å²) in [5.41, 5.74) is 21.6. The van der Waals surface area contributed by atoms with Crippen LogP contribution in [0.4, 0.5) is 17.1 Å². The van der Waals surface area contributed by atoms with Crippen LogP contribution in [0.25, 0.3) is 0 Å². The van der Waals surface area contributed by atoms with Gasteiger partial charge in [0.1, 0.15) is 0 Å². The van der Waals surface area contributed by atoms with Gasteiger partial charge in [-0.05, 0) is 161 Å². The number of nitrogens with one attached hydrogen (secondary N) is 1. The second-order valence-corrected chi connectivity index (χ2v) is 35.4. The number of nitrogens with zero attached hydrogens (tertiary/aromatic N) is 4. The average molecular weight is 1810 g/mol. The van der Waals surface area contributed by atoms with E-state index in [0.29, 0.717) is 9.47 Å². The van der Waals surface area contributed by atoms with Crippen LogP contribution in [0.5, 0.6) is 23.0 Å². The summed E-state index contributed by atoms with van der Waals surface area (Å²) in [6.45, 7) is 12.5. The van der Waals surface area contributed by atoms with Crippen LogP contribution >= 0.6 is 136 Å². The van der Waals surface area contributed by atoms with E-state index < -0.39 is 4.92 Å². The van der Waals surface area contributed by atoms with Crippen LogP contribution < -0.4 is 30.0 Å². The quantitative estimate of drug-likeness (QED) is 0.0349. The van der Waals surface area contributed by atoms with Gasteiger partial charge in [-0.2, -0.15) is 0 Å². The Morgan fingerprint density at radius 1 is 0.585 bits per heavy atom. The summed E-state index contributed by atoms with van der Waals surface area (Å²) in [7, 11) is 7.31. The van der Waals surface area contributed by atoms with Gasteiger partial charge in [0.15, 0.2) is 23.0 Å². The SMILES string of the molecule is C.CI.COc1cc2c(cc1OC)CN(CCc1ccc(N)cc1)CC2.COc1cc2c(cc1OC)CN(CCc1ccc([N+](=O)[O-])cc1)CC2.Cc1cc2c(cc1C)CNCC2.Cl.ICI.O=[N+]([O-])c1ccc(CCBr)cc1.[I][V][I]. The fourth-order valence-corrected chi connectivity index (χ4v) is 9.44. The number of aryl methyl sites for hydroxylation is 3. The molecule has 0 fully saturated rings. The molecule has 0 radical (unpaired) electrons. The Balaban J connectivity index is 0.000000540. The Kier molecular flexibility index (Phi) is 42.3. The van der Waals surface area contributed by atoms with Crippen molar-refractivity contribution in [3.63, 3.8) is 0 Å². The molecule has 22 heteroatoms. The van der Waals surface area contributed by atoms with Gasteiger partial charge in [-0.25, -0.2) is 0 Å². The summed E-state index contributed by atoms with van der Waals surface area (Å²) in [4.78, 5) is 27.1. The van der Waals surface area contributed by atoms with Crippen LogP contribution in [0, 0.1) is 34.1 Å². The number of non-ortho nitro benzene ring substituents is 2. The van der Waals surface area contributed by atoms with E-state index >= 15 is 0 Å². The van der Waals surface area contributed by atoms with Crippen molar-refractivity contribution in [2.45, 2.75) is 79.4 Å². The number of fused-ring (bicyclic) bond motifs is 3. The van der Waals surface area contributed by atoms with E-state index in [2.05, 4.69) is 201 Å². The van der Waals surface area contributed by atoms with Gasteiger partial charge in [-0.1, -0.05) is 140 Å². The molecule has 0 amide bonds. The van der Waals surface area contributed by atoms with Crippen LogP contribution in [0.1, 0.15) is 68.6 Å². The number of rotatable bonds is 14. The zero-order chi connectivity index (χ0) is 59.0. The van der Waals surface area contributed by atoms with Crippen LogP contribution in [0.15, 0.2) is 109 Å². The fourth-order valence-electron chi connectivity index (χ4n) is 8.98. The number of hydrogen-bond donors (Lipinski definition) is 2. The first-order valence-electron chi connectivity index (χ1n) is 25.6. The molecule has 0 spiro atoms. The number of alkyl halides is 4. The van der Waals surface area contributed by atoms with Crippen molar-refractivity contribution in [3.8, 4) is 23.0 Å². The van der Waals surface area contributed by atoms with Gasteiger partial charge in [-0.15, -0.1) is 12.4 Å². The van der Waals surface area contributed by atoms with Gasteiger partial charge in [0, 0.05) is 81.1 Å². The van der Waals surface area contributed by atoms with Crippen LogP contribution in [-0.4, -0.2) is 93.5 Å². The van der Waals surface area contributed by atoms with Crippen LogP contribution in [-0.2, 0) is 67.6 Å². The summed E-state index contributed by atoms with van der Waals surface area (Å²) in [5, 5.41) is 25.2. The third-order valence-electron chi connectivity index (χ3n) is 13.4. The summed E-state index contributed by atoms with van der Waals surface area (Å²) in [6, 6.07) is 34.6. The number of benzene rings is 6. The molecule has 6 aromatic carbocycles. The molecule has 0 saturated carbocycles. The number of hydrogen-bond acceptors (Lipinski definition) is 12. The van der Waals surface area contributed by atoms with Gasteiger partial charge in [-0.3, -0.25) is 30.0 Å². The number of methoxy groups -OCH3 is 4. The summed E-state index contributed by atoms with van der Waals surface area (Å²) in [5.74, 6) is 3.17. The molecule has 3 aliphatic rings. The molecule has 3 heterocycles. The summed E-state index contributed by atoms with van der Waals surface area (Å²) < 4.78 is 22.8. The summed E-state index contributed by atoms with van der Waals surface area (Å²) >= 11 is 14.7. The zero-order valence-electron chi connectivity index (χ0n) is 47.0. The Bertz CT molecular complexity index is 2770. The van der Waals surface area contributed by atoms with Gasteiger partial charge in [0.05, 0.1) is 40.7 Å². The van der Waals surface area contributed by atoms with E-state index in [1.807, 2.05) is 29.2 Å². The van der Waals surface area contributed by atoms with Crippen molar-refractivity contribution in [1.29, 1.82) is 0 Å². The molecular weight excluding hydrogens is 1730 g/mol. The summed E-state index contributed by atoms with van der Waals surface area (Å²) in [6.07, 6.45) is 6.05. The Morgan fingerprint density at radius 2 is 0.915 bits per heavy atom. The Hall–Kier alpha value is -2.00. The van der Waals surface area contributed by atoms with E-state index in [1.54, 1.807) is 52.7 Å². The van der Waals surface area contributed by atoms with Crippen LogP contribution in [0.3, 0.4) is 0 Å². The second-order valence-electron chi connectivity index (χ2n) is 18.3. The third kappa shape index (κ3) is 27.4. The molecule has 0 unspecified atom stereocenters. The average Bonchev–Trinajstić information content (AvgIpc) is 3.58. The molecule has 0 aliphatic carbocycles. The Morgan fingerprint density at radius 3 is 1.27 bits per heavy atom. The molecule has 451 valence electrons. The molecule has 0 atom stereocenters. The molecule has 9 rings (SSSR count). The van der Waals surface area contributed by atoms with E-state index in [0.717, 1.165) is 130 Å².